The van der Waals surface area contributed by atoms with Gasteiger partial charge < -0.3 is 9.84 Å². The fraction of sp³-hybridized carbons (Fsp3) is 0.286. The lowest BCUT2D eigenvalue weighted by atomic mass is 10.00. The smallest absolute Gasteiger partial charge is 0.128 e. The lowest BCUT2D eigenvalue weighted by Crippen LogP contribution is -2.03. The van der Waals surface area contributed by atoms with Crippen LogP contribution in [-0.4, -0.2) is 12.2 Å². The van der Waals surface area contributed by atoms with Crippen molar-refractivity contribution in [2.24, 2.45) is 0 Å². The van der Waals surface area contributed by atoms with E-state index in [-0.39, 0.29) is 0 Å². The number of rotatable bonds is 3. The highest BCUT2D eigenvalue weighted by molar-refractivity contribution is 9.11. The van der Waals surface area contributed by atoms with Crippen LogP contribution in [0.15, 0.2) is 28.1 Å². The van der Waals surface area contributed by atoms with Crippen LogP contribution in [0.2, 0.25) is 0 Å². The molecular formula is C14H15BrO2S. The molecule has 0 aliphatic heterocycles. The second-order valence-electron chi connectivity index (χ2n) is 4.17. The molecule has 0 amide bonds. The van der Waals surface area contributed by atoms with E-state index in [9.17, 15) is 5.11 Å². The number of methoxy groups -OCH3 is 1. The van der Waals surface area contributed by atoms with E-state index in [1.807, 2.05) is 38.1 Å². The zero-order valence-corrected chi connectivity index (χ0v) is 12.9. The van der Waals surface area contributed by atoms with Crippen molar-refractivity contribution in [3.63, 3.8) is 0 Å². The molecule has 1 aromatic carbocycles. The molecule has 1 aromatic heterocycles. The zero-order valence-electron chi connectivity index (χ0n) is 10.5. The summed E-state index contributed by atoms with van der Waals surface area (Å²) in [6, 6.07) is 7.81. The number of ether oxygens (including phenoxy) is 1. The maximum Gasteiger partial charge on any atom is 0.128 e. The molecule has 2 nitrogen and oxygen atoms in total. The first kappa shape index (κ1) is 13.6. The minimum atomic E-state index is -0.643. The third-order valence-corrected chi connectivity index (χ3v) is 4.75. The van der Waals surface area contributed by atoms with Gasteiger partial charge in [-0.1, -0.05) is 12.1 Å². The molecule has 2 aromatic rings. The van der Waals surface area contributed by atoms with E-state index in [0.717, 1.165) is 31.1 Å². The van der Waals surface area contributed by atoms with Gasteiger partial charge in [-0.3, -0.25) is 0 Å². The first-order valence-corrected chi connectivity index (χ1v) is 7.23. The highest BCUT2D eigenvalue weighted by atomic mass is 79.9. The van der Waals surface area contributed by atoms with Gasteiger partial charge in [0, 0.05) is 10.4 Å². The molecule has 1 heterocycles. The van der Waals surface area contributed by atoms with E-state index in [4.69, 9.17) is 4.74 Å². The summed E-state index contributed by atoms with van der Waals surface area (Å²) in [5.74, 6) is 0.770. The van der Waals surface area contributed by atoms with E-state index < -0.39 is 6.10 Å². The Balaban J connectivity index is 2.48. The molecule has 0 aliphatic carbocycles. The van der Waals surface area contributed by atoms with Crippen molar-refractivity contribution in [1.29, 1.82) is 0 Å². The van der Waals surface area contributed by atoms with Crippen molar-refractivity contribution >= 4 is 27.3 Å². The fourth-order valence-electron chi connectivity index (χ4n) is 1.93. The van der Waals surface area contributed by atoms with Crippen LogP contribution in [-0.2, 0) is 0 Å². The molecule has 1 N–H and O–H groups in total. The maximum atomic E-state index is 10.4. The van der Waals surface area contributed by atoms with Crippen molar-refractivity contribution in [3.05, 3.63) is 49.6 Å². The first-order chi connectivity index (χ1) is 8.54. The number of benzene rings is 1. The Kier molecular flexibility index (Phi) is 4.10. The predicted octanol–water partition coefficient (Wildman–Crippen LogP) is 4.22. The van der Waals surface area contributed by atoms with Gasteiger partial charge in [-0.25, -0.2) is 0 Å². The summed E-state index contributed by atoms with van der Waals surface area (Å²) in [6.45, 7) is 4.05. The monoisotopic (exact) mass is 326 g/mol. The average Bonchev–Trinajstić information content (AvgIpc) is 2.78. The number of hydrogen-bond acceptors (Lipinski definition) is 3. The molecule has 96 valence electrons. The summed E-state index contributed by atoms with van der Waals surface area (Å²) < 4.78 is 6.45. The summed E-state index contributed by atoms with van der Waals surface area (Å²) in [4.78, 5) is 0.906. The Morgan fingerprint density at radius 3 is 2.50 bits per heavy atom. The molecule has 2 rings (SSSR count). The topological polar surface area (TPSA) is 29.5 Å². The Morgan fingerprint density at radius 2 is 1.94 bits per heavy atom. The van der Waals surface area contributed by atoms with E-state index in [2.05, 4.69) is 15.9 Å². The highest BCUT2D eigenvalue weighted by Crippen LogP contribution is 2.37. The summed E-state index contributed by atoms with van der Waals surface area (Å²) in [7, 11) is 1.64. The number of aliphatic hydroxyl groups excluding tert-OH is 1. The summed E-state index contributed by atoms with van der Waals surface area (Å²) in [5, 5.41) is 10.4. The van der Waals surface area contributed by atoms with Gasteiger partial charge in [-0.15, -0.1) is 11.3 Å². The molecule has 18 heavy (non-hydrogen) atoms. The van der Waals surface area contributed by atoms with Crippen LogP contribution < -0.4 is 4.74 Å². The summed E-state index contributed by atoms with van der Waals surface area (Å²) in [6.07, 6.45) is -0.643. The molecule has 0 radical (unpaired) electrons. The van der Waals surface area contributed by atoms with Crippen molar-refractivity contribution in [2.75, 3.05) is 7.11 Å². The lowest BCUT2D eigenvalue weighted by molar-refractivity contribution is 0.218. The standard InChI is InChI=1S/C14H15BrO2S/c1-8-4-5-10(14(17-3)9(8)2)13(16)11-6-7-12(15)18-11/h4-7,13,16H,1-3H3. The lowest BCUT2D eigenvalue weighted by Gasteiger charge is -2.17. The SMILES string of the molecule is COc1c(C(O)c2ccc(Br)s2)ccc(C)c1C. The van der Waals surface area contributed by atoms with Crippen LogP contribution in [0.25, 0.3) is 0 Å². The van der Waals surface area contributed by atoms with Gasteiger partial charge in [0.2, 0.25) is 0 Å². The average molecular weight is 327 g/mol. The molecule has 1 atom stereocenters. The molecule has 0 saturated heterocycles. The van der Waals surface area contributed by atoms with E-state index in [1.165, 1.54) is 11.3 Å². The van der Waals surface area contributed by atoms with Crippen molar-refractivity contribution in [3.8, 4) is 5.75 Å². The molecule has 1 unspecified atom stereocenters. The number of aryl methyl sites for hydroxylation is 1. The van der Waals surface area contributed by atoms with Gasteiger partial charge >= 0.3 is 0 Å². The molecule has 0 bridgehead atoms. The van der Waals surface area contributed by atoms with Crippen LogP contribution in [0.3, 0.4) is 0 Å². The van der Waals surface area contributed by atoms with E-state index in [0.29, 0.717) is 0 Å². The Bertz CT molecular complexity index is 563. The van der Waals surface area contributed by atoms with Gasteiger partial charge in [0.05, 0.1) is 10.9 Å². The molecule has 0 spiro atoms. The van der Waals surface area contributed by atoms with Crippen LogP contribution in [0, 0.1) is 13.8 Å². The zero-order chi connectivity index (χ0) is 13.3. The second kappa shape index (κ2) is 5.43. The largest absolute Gasteiger partial charge is 0.496 e. The molecule has 4 heteroatoms. The van der Waals surface area contributed by atoms with Crippen LogP contribution in [0.5, 0.6) is 5.75 Å². The quantitative estimate of drug-likeness (QED) is 0.915. The Morgan fingerprint density at radius 1 is 1.22 bits per heavy atom. The third-order valence-electron chi connectivity index (χ3n) is 3.07. The van der Waals surface area contributed by atoms with Crippen LogP contribution in [0.1, 0.15) is 27.7 Å². The van der Waals surface area contributed by atoms with Gasteiger partial charge in [-0.05, 0) is 53.0 Å². The minimum absolute atomic E-state index is 0.643. The highest BCUT2D eigenvalue weighted by Gasteiger charge is 2.19. The molecular weight excluding hydrogens is 312 g/mol. The second-order valence-corrected chi connectivity index (χ2v) is 6.67. The first-order valence-electron chi connectivity index (χ1n) is 5.62. The predicted molar refractivity (Wildman–Crippen MR) is 78.5 cm³/mol. The van der Waals surface area contributed by atoms with Crippen molar-refractivity contribution in [1.82, 2.24) is 0 Å². The molecule has 0 aliphatic rings. The summed E-state index contributed by atoms with van der Waals surface area (Å²) >= 11 is 4.94. The van der Waals surface area contributed by atoms with Crippen LogP contribution in [0.4, 0.5) is 0 Å². The van der Waals surface area contributed by atoms with E-state index >= 15 is 0 Å². The van der Waals surface area contributed by atoms with Crippen molar-refractivity contribution < 1.29 is 9.84 Å². The van der Waals surface area contributed by atoms with Gasteiger partial charge in [-0.2, -0.15) is 0 Å². The Labute approximate surface area is 119 Å². The van der Waals surface area contributed by atoms with Crippen molar-refractivity contribution in [2.45, 2.75) is 20.0 Å². The van der Waals surface area contributed by atoms with Gasteiger partial charge in [0.15, 0.2) is 0 Å². The van der Waals surface area contributed by atoms with E-state index in [1.54, 1.807) is 7.11 Å². The van der Waals surface area contributed by atoms with Crippen LogP contribution >= 0.6 is 27.3 Å². The third kappa shape index (κ3) is 2.46. The number of hydrogen-bond donors (Lipinski definition) is 1. The number of thiophene rings is 1. The molecule has 0 saturated carbocycles. The maximum absolute atomic E-state index is 10.4. The van der Waals surface area contributed by atoms with Gasteiger partial charge in [0.1, 0.15) is 11.9 Å². The normalized spacial score (nSPS) is 12.5. The fourth-order valence-corrected chi connectivity index (χ4v) is 3.35. The number of aliphatic hydroxyl groups is 1. The molecule has 0 fully saturated rings. The summed E-state index contributed by atoms with van der Waals surface area (Å²) in [5.41, 5.74) is 3.05. The Hall–Kier alpha value is -0.840. The number of halogens is 1. The van der Waals surface area contributed by atoms with Gasteiger partial charge in [0.25, 0.3) is 0 Å². The minimum Gasteiger partial charge on any atom is -0.496 e.